The second kappa shape index (κ2) is 4.40. The van der Waals surface area contributed by atoms with Gasteiger partial charge in [-0.25, -0.2) is 9.78 Å². The molecule has 2 aromatic rings. The van der Waals surface area contributed by atoms with Crippen LogP contribution in [0.1, 0.15) is 10.4 Å². The molecule has 0 spiro atoms. The molecule has 2 rings (SSSR count). The summed E-state index contributed by atoms with van der Waals surface area (Å²) in [6, 6.07) is 6.58. The van der Waals surface area contributed by atoms with Crippen molar-refractivity contribution >= 4 is 21.9 Å². The fraction of sp³-hybridized carbons (Fsp3) is 0. The maximum Gasteiger partial charge on any atom is 0.335 e. The van der Waals surface area contributed by atoms with E-state index in [9.17, 15) is 4.79 Å². The molecule has 0 unspecified atom stereocenters. The molecule has 0 aliphatic heterocycles. The number of aromatic nitrogens is 2. The quantitative estimate of drug-likeness (QED) is 0.858. The lowest BCUT2D eigenvalue weighted by molar-refractivity contribution is 0.0696. The molecule has 0 saturated heterocycles. The number of carboxylic acid groups (broad SMARTS) is 1. The second-order valence-electron chi connectivity index (χ2n) is 3.11. The lowest BCUT2D eigenvalue weighted by Crippen LogP contribution is -1.98. The van der Waals surface area contributed by atoms with Crippen LogP contribution in [0.4, 0.5) is 0 Å². The van der Waals surface area contributed by atoms with Crippen molar-refractivity contribution in [1.29, 1.82) is 0 Å². The van der Waals surface area contributed by atoms with Gasteiger partial charge in [0, 0.05) is 18.0 Å². The van der Waals surface area contributed by atoms with Gasteiger partial charge in [-0.2, -0.15) is 0 Å². The van der Waals surface area contributed by atoms with Crippen LogP contribution in [0.2, 0.25) is 0 Å². The van der Waals surface area contributed by atoms with E-state index in [1.165, 1.54) is 12.1 Å². The molecule has 0 atom stereocenters. The molecule has 0 aromatic carbocycles. The maximum atomic E-state index is 10.9. The predicted molar refractivity (Wildman–Crippen MR) is 62.1 cm³/mol. The second-order valence-corrected chi connectivity index (χ2v) is 3.92. The molecular formula is C11H7BrN2O2. The van der Waals surface area contributed by atoms with E-state index in [2.05, 4.69) is 25.9 Å². The molecule has 0 amide bonds. The number of carboxylic acids is 1. The first-order chi connectivity index (χ1) is 7.66. The van der Waals surface area contributed by atoms with Crippen LogP contribution in [-0.2, 0) is 0 Å². The van der Waals surface area contributed by atoms with Gasteiger partial charge in [0.2, 0.25) is 0 Å². The first-order valence-corrected chi connectivity index (χ1v) is 5.27. The van der Waals surface area contributed by atoms with Gasteiger partial charge < -0.3 is 5.11 Å². The minimum absolute atomic E-state index is 0.195. The van der Waals surface area contributed by atoms with Crippen molar-refractivity contribution in [3.8, 4) is 11.3 Å². The van der Waals surface area contributed by atoms with Gasteiger partial charge >= 0.3 is 5.97 Å². The SMILES string of the molecule is O=C(O)c1cc(Br)nc(-c2cccnc2)c1. The highest BCUT2D eigenvalue weighted by Gasteiger charge is 2.08. The van der Waals surface area contributed by atoms with E-state index in [-0.39, 0.29) is 5.56 Å². The summed E-state index contributed by atoms with van der Waals surface area (Å²) in [5, 5.41) is 8.92. The summed E-state index contributed by atoms with van der Waals surface area (Å²) in [7, 11) is 0. The molecule has 5 heteroatoms. The molecule has 80 valence electrons. The molecule has 2 aromatic heterocycles. The Hall–Kier alpha value is -1.75. The standard InChI is InChI=1S/C11H7BrN2O2/c12-10-5-8(11(15)16)4-9(14-10)7-2-1-3-13-6-7/h1-6H,(H,15,16). The van der Waals surface area contributed by atoms with Crippen molar-refractivity contribution in [2.75, 3.05) is 0 Å². The van der Waals surface area contributed by atoms with Crippen molar-refractivity contribution < 1.29 is 9.90 Å². The number of hydrogen-bond acceptors (Lipinski definition) is 3. The van der Waals surface area contributed by atoms with Crippen LogP contribution in [0.25, 0.3) is 11.3 Å². The highest BCUT2D eigenvalue weighted by Crippen LogP contribution is 2.20. The monoisotopic (exact) mass is 278 g/mol. The summed E-state index contributed by atoms with van der Waals surface area (Å²) in [6.45, 7) is 0. The number of pyridine rings is 2. The summed E-state index contributed by atoms with van der Waals surface area (Å²) in [6.07, 6.45) is 3.29. The van der Waals surface area contributed by atoms with Crippen LogP contribution < -0.4 is 0 Å². The molecule has 0 aliphatic rings. The van der Waals surface area contributed by atoms with Crippen molar-refractivity contribution in [1.82, 2.24) is 9.97 Å². The predicted octanol–water partition coefficient (Wildman–Crippen LogP) is 2.60. The third-order valence-corrected chi connectivity index (χ3v) is 2.40. The van der Waals surface area contributed by atoms with Crippen molar-refractivity contribution in [2.45, 2.75) is 0 Å². The Morgan fingerprint density at radius 3 is 2.81 bits per heavy atom. The summed E-state index contributed by atoms with van der Waals surface area (Å²) in [5.41, 5.74) is 1.56. The van der Waals surface area contributed by atoms with Crippen LogP contribution in [0.3, 0.4) is 0 Å². The average Bonchev–Trinajstić information content (AvgIpc) is 2.29. The molecule has 2 heterocycles. The van der Waals surface area contributed by atoms with E-state index in [1.54, 1.807) is 18.5 Å². The minimum Gasteiger partial charge on any atom is -0.478 e. The van der Waals surface area contributed by atoms with E-state index in [0.717, 1.165) is 5.56 Å². The Bertz CT molecular complexity index is 529. The number of nitrogens with zero attached hydrogens (tertiary/aromatic N) is 2. The van der Waals surface area contributed by atoms with Gasteiger partial charge in [0.15, 0.2) is 0 Å². The molecule has 0 bridgehead atoms. The number of rotatable bonds is 2. The molecule has 0 aliphatic carbocycles. The minimum atomic E-state index is -0.978. The lowest BCUT2D eigenvalue weighted by Gasteiger charge is -2.02. The van der Waals surface area contributed by atoms with Crippen molar-refractivity contribution in [3.05, 3.63) is 46.8 Å². The molecule has 0 saturated carbocycles. The molecular weight excluding hydrogens is 272 g/mol. The van der Waals surface area contributed by atoms with Gasteiger partial charge in [-0.05, 0) is 40.2 Å². The van der Waals surface area contributed by atoms with Gasteiger partial charge in [-0.15, -0.1) is 0 Å². The van der Waals surface area contributed by atoms with Gasteiger partial charge in [0.25, 0.3) is 0 Å². The Morgan fingerprint density at radius 1 is 1.38 bits per heavy atom. The van der Waals surface area contributed by atoms with E-state index < -0.39 is 5.97 Å². The van der Waals surface area contributed by atoms with Gasteiger partial charge in [-0.1, -0.05) is 0 Å². The summed E-state index contributed by atoms with van der Waals surface area (Å²) in [5.74, 6) is -0.978. The average molecular weight is 279 g/mol. The normalized spacial score (nSPS) is 10.1. The summed E-state index contributed by atoms with van der Waals surface area (Å²) < 4.78 is 0.492. The molecule has 16 heavy (non-hydrogen) atoms. The third-order valence-electron chi connectivity index (χ3n) is 2.00. The maximum absolute atomic E-state index is 10.9. The molecule has 0 radical (unpaired) electrons. The lowest BCUT2D eigenvalue weighted by atomic mass is 10.1. The number of hydrogen-bond donors (Lipinski definition) is 1. The highest BCUT2D eigenvalue weighted by atomic mass is 79.9. The van der Waals surface area contributed by atoms with Gasteiger partial charge in [0.05, 0.1) is 11.3 Å². The summed E-state index contributed by atoms with van der Waals surface area (Å²) >= 11 is 3.18. The van der Waals surface area contributed by atoms with E-state index in [4.69, 9.17) is 5.11 Å². The molecule has 1 N–H and O–H groups in total. The third kappa shape index (κ3) is 2.25. The zero-order valence-electron chi connectivity index (χ0n) is 8.09. The molecule has 4 nitrogen and oxygen atoms in total. The molecule has 0 fully saturated rings. The number of halogens is 1. The highest BCUT2D eigenvalue weighted by molar-refractivity contribution is 9.10. The first kappa shape index (κ1) is 10.8. The first-order valence-electron chi connectivity index (χ1n) is 4.48. The van der Waals surface area contributed by atoms with Crippen LogP contribution in [-0.4, -0.2) is 21.0 Å². The van der Waals surface area contributed by atoms with E-state index in [0.29, 0.717) is 10.3 Å². The Balaban J connectivity index is 2.54. The summed E-state index contributed by atoms with van der Waals surface area (Å²) in [4.78, 5) is 19.0. The van der Waals surface area contributed by atoms with Crippen LogP contribution in [0.5, 0.6) is 0 Å². The largest absolute Gasteiger partial charge is 0.478 e. The van der Waals surface area contributed by atoms with Crippen LogP contribution in [0.15, 0.2) is 41.3 Å². The zero-order valence-corrected chi connectivity index (χ0v) is 9.68. The Labute approximate surface area is 100 Å². The van der Waals surface area contributed by atoms with Gasteiger partial charge in [0.1, 0.15) is 4.60 Å². The topological polar surface area (TPSA) is 63.1 Å². The van der Waals surface area contributed by atoms with E-state index in [1.807, 2.05) is 6.07 Å². The van der Waals surface area contributed by atoms with Crippen molar-refractivity contribution in [3.63, 3.8) is 0 Å². The fourth-order valence-electron chi connectivity index (χ4n) is 1.28. The van der Waals surface area contributed by atoms with Crippen molar-refractivity contribution in [2.24, 2.45) is 0 Å². The van der Waals surface area contributed by atoms with Crippen LogP contribution in [0, 0.1) is 0 Å². The van der Waals surface area contributed by atoms with E-state index >= 15 is 0 Å². The number of aromatic carboxylic acids is 1. The Kier molecular flexibility index (Phi) is 2.96. The number of carbonyl (C=O) groups is 1. The Morgan fingerprint density at radius 2 is 2.19 bits per heavy atom. The fourth-order valence-corrected chi connectivity index (χ4v) is 1.72. The smallest absolute Gasteiger partial charge is 0.335 e. The van der Waals surface area contributed by atoms with Crippen LogP contribution >= 0.6 is 15.9 Å². The van der Waals surface area contributed by atoms with Gasteiger partial charge in [-0.3, -0.25) is 4.98 Å². The zero-order chi connectivity index (χ0) is 11.5.